The van der Waals surface area contributed by atoms with Crippen LogP contribution in [0.3, 0.4) is 0 Å². The maximum Gasteiger partial charge on any atom is 0.144 e. The van der Waals surface area contributed by atoms with Crippen LogP contribution in [-0.4, -0.2) is 13.7 Å². The van der Waals surface area contributed by atoms with Gasteiger partial charge in [0.2, 0.25) is 0 Å². The zero-order valence-electron chi connectivity index (χ0n) is 12.4. The van der Waals surface area contributed by atoms with E-state index in [1.807, 2.05) is 25.2 Å². The first-order valence-electron chi connectivity index (χ1n) is 6.95. The summed E-state index contributed by atoms with van der Waals surface area (Å²) in [5, 5.41) is 0. The Morgan fingerprint density at radius 2 is 1.90 bits per heavy atom. The molecule has 0 aliphatic carbocycles. The van der Waals surface area contributed by atoms with Crippen molar-refractivity contribution in [2.45, 2.75) is 20.3 Å². The summed E-state index contributed by atoms with van der Waals surface area (Å²) in [6.07, 6.45) is 0.970. The fraction of sp³-hybridized carbons (Fsp3) is 0.294. The Morgan fingerprint density at radius 1 is 1.15 bits per heavy atom. The van der Waals surface area contributed by atoms with E-state index in [9.17, 15) is 0 Å². The highest BCUT2D eigenvalue weighted by Crippen LogP contribution is 2.35. The number of hydrogen-bond acceptors (Lipinski definition) is 3. The Balaban J connectivity index is 2.32. The van der Waals surface area contributed by atoms with Gasteiger partial charge in [0.15, 0.2) is 0 Å². The van der Waals surface area contributed by atoms with Crippen LogP contribution in [-0.2, 0) is 0 Å². The van der Waals surface area contributed by atoms with E-state index in [1.54, 1.807) is 0 Å². The lowest BCUT2D eigenvalue weighted by Gasteiger charge is -2.23. The van der Waals surface area contributed by atoms with Crippen LogP contribution in [0.1, 0.15) is 18.9 Å². The maximum atomic E-state index is 6.23. The van der Waals surface area contributed by atoms with Gasteiger partial charge in [-0.25, -0.2) is 0 Å². The quantitative estimate of drug-likeness (QED) is 0.830. The Morgan fingerprint density at radius 3 is 2.60 bits per heavy atom. The Labute approximate surface area is 121 Å². The first-order valence-corrected chi connectivity index (χ1v) is 6.95. The minimum Gasteiger partial charge on any atom is -0.491 e. The average molecular weight is 270 g/mol. The summed E-state index contributed by atoms with van der Waals surface area (Å²) in [6, 6.07) is 14.2. The van der Waals surface area contributed by atoms with Gasteiger partial charge in [0.25, 0.3) is 0 Å². The van der Waals surface area contributed by atoms with Crippen molar-refractivity contribution in [1.29, 1.82) is 0 Å². The number of para-hydroxylation sites is 1. The van der Waals surface area contributed by atoms with Gasteiger partial charge in [0.05, 0.1) is 18.0 Å². The van der Waals surface area contributed by atoms with Gasteiger partial charge in [-0.05, 0) is 43.2 Å². The highest BCUT2D eigenvalue weighted by Gasteiger charge is 2.11. The lowest BCUT2D eigenvalue weighted by atomic mass is 10.2. The van der Waals surface area contributed by atoms with Crippen LogP contribution >= 0.6 is 0 Å². The van der Waals surface area contributed by atoms with Crippen LogP contribution in [0.15, 0.2) is 42.5 Å². The minimum atomic E-state index is 0.682. The van der Waals surface area contributed by atoms with Gasteiger partial charge in [0, 0.05) is 12.7 Å². The zero-order valence-corrected chi connectivity index (χ0v) is 12.4. The van der Waals surface area contributed by atoms with E-state index in [0.717, 1.165) is 23.5 Å². The van der Waals surface area contributed by atoms with Gasteiger partial charge >= 0.3 is 0 Å². The molecular weight excluding hydrogens is 248 g/mol. The molecular formula is C17H22N2O. The molecule has 2 aromatic rings. The summed E-state index contributed by atoms with van der Waals surface area (Å²) < 4.78 is 5.68. The third-order valence-electron chi connectivity index (χ3n) is 3.26. The van der Waals surface area contributed by atoms with E-state index < -0.39 is 0 Å². The topological polar surface area (TPSA) is 38.5 Å². The average Bonchev–Trinajstić information content (AvgIpc) is 2.45. The summed E-state index contributed by atoms with van der Waals surface area (Å²) >= 11 is 0. The van der Waals surface area contributed by atoms with Crippen molar-refractivity contribution in [3.05, 3.63) is 48.0 Å². The van der Waals surface area contributed by atoms with Gasteiger partial charge < -0.3 is 15.4 Å². The molecule has 2 aromatic carbocycles. The number of benzene rings is 2. The summed E-state index contributed by atoms with van der Waals surface area (Å²) in [5.41, 5.74) is 10.2. The molecule has 0 aromatic heterocycles. The molecule has 0 heterocycles. The second kappa shape index (κ2) is 6.33. The number of rotatable bonds is 5. The molecule has 20 heavy (non-hydrogen) atoms. The fourth-order valence-corrected chi connectivity index (χ4v) is 2.14. The molecule has 0 atom stereocenters. The molecule has 0 saturated heterocycles. The Bertz CT molecular complexity index is 581. The highest BCUT2D eigenvalue weighted by molar-refractivity contribution is 5.78. The molecule has 2 rings (SSSR count). The van der Waals surface area contributed by atoms with Crippen LogP contribution in [0.2, 0.25) is 0 Å². The number of anilines is 3. The normalized spacial score (nSPS) is 10.3. The molecule has 0 aliphatic rings. The lowest BCUT2D eigenvalue weighted by Crippen LogP contribution is -2.12. The van der Waals surface area contributed by atoms with Gasteiger partial charge in [-0.1, -0.05) is 25.1 Å². The summed E-state index contributed by atoms with van der Waals surface area (Å²) in [7, 11) is 2.02. The summed E-state index contributed by atoms with van der Waals surface area (Å²) in [4.78, 5) is 2.08. The largest absolute Gasteiger partial charge is 0.491 e. The van der Waals surface area contributed by atoms with E-state index in [0.29, 0.717) is 12.3 Å². The molecule has 3 nitrogen and oxygen atoms in total. The molecule has 0 fully saturated rings. The van der Waals surface area contributed by atoms with E-state index in [1.165, 1.54) is 5.56 Å². The number of ether oxygens (including phenoxy) is 1. The predicted octanol–water partition coefficient (Wildman–Crippen LogP) is 4.13. The van der Waals surface area contributed by atoms with Crippen molar-refractivity contribution < 1.29 is 4.74 Å². The number of nitrogens with two attached hydrogens (primary N) is 1. The molecule has 2 N–H and O–H groups in total. The number of nitrogen functional groups attached to an aromatic ring is 1. The maximum absolute atomic E-state index is 6.23. The van der Waals surface area contributed by atoms with Gasteiger partial charge in [-0.2, -0.15) is 0 Å². The molecule has 3 heteroatoms. The SMILES string of the molecule is CCCOc1cccc(N(C)c2cccc(C)c2)c1N. The smallest absolute Gasteiger partial charge is 0.144 e. The fourth-order valence-electron chi connectivity index (χ4n) is 2.14. The van der Waals surface area contributed by atoms with E-state index in [2.05, 4.69) is 43.0 Å². The highest BCUT2D eigenvalue weighted by atomic mass is 16.5. The van der Waals surface area contributed by atoms with Crippen molar-refractivity contribution in [3.63, 3.8) is 0 Å². The van der Waals surface area contributed by atoms with Crippen molar-refractivity contribution in [2.24, 2.45) is 0 Å². The molecule has 0 aliphatic heterocycles. The molecule has 0 radical (unpaired) electrons. The van der Waals surface area contributed by atoms with Crippen LogP contribution in [0.5, 0.6) is 5.75 Å². The number of nitrogens with zero attached hydrogens (tertiary/aromatic N) is 1. The lowest BCUT2D eigenvalue weighted by molar-refractivity contribution is 0.319. The van der Waals surface area contributed by atoms with Gasteiger partial charge in [-0.3, -0.25) is 0 Å². The summed E-state index contributed by atoms with van der Waals surface area (Å²) in [6.45, 7) is 4.85. The Hall–Kier alpha value is -2.16. The van der Waals surface area contributed by atoms with Crippen molar-refractivity contribution in [1.82, 2.24) is 0 Å². The minimum absolute atomic E-state index is 0.682. The molecule has 0 bridgehead atoms. The first-order chi connectivity index (χ1) is 9.63. The third-order valence-corrected chi connectivity index (χ3v) is 3.26. The van der Waals surface area contributed by atoms with Crippen LogP contribution in [0.25, 0.3) is 0 Å². The van der Waals surface area contributed by atoms with Crippen molar-refractivity contribution in [2.75, 3.05) is 24.3 Å². The molecule has 0 spiro atoms. The van der Waals surface area contributed by atoms with E-state index in [-0.39, 0.29) is 0 Å². The number of aryl methyl sites for hydroxylation is 1. The molecule has 0 amide bonds. The van der Waals surface area contributed by atoms with Gasteiger partial charge in [0.1, 0.15) is 5.75 Å². The molecule has 0 unspecified atom stereocenters. The monoisotopic (exact) mass is 270 g/mol. The van der Waals surface area contributed by atoms with Crippen LogP contribution in [0, 0.1) is 6.92 Å². The third kappa shape index (κ3) is 3.05. The van der Waals surface area contributed by atoms with Crippen LogP contribution in [0.4, 0.5) is 17.1 Å². The van der Waals surface area contributed by atoms with Crippen LogP contribution < -0.4 is 15.4 Å². The number of hydrogen-bond donors (Lipinski definition) is 1. The molecule has 106 valence electrons. The second-order valence-corrected chi connectivity index (χ2v) is 4.94. The predicted molar refractivity (Wildman–Crippen MR) is 85.9 cm³/mol. The molecule has 0 saturated carbocycles. The first kappa shape index (κ1) is 14.3. The van der Waals surface area contributed by atoms with Crippen molar-refractivity contribution in [3.8, 4) is 5.75 Å². The van der Waals surface area contributed by atoms with E-state index in [4.69, 9.17) is 10.5 Å². The van der Waals surface area contributed by atoms with Crippen molar-refractivity contribution >= 4 is 17.1 Å². The standard InChI is InChI=1S/C17H22N2O/c1-4-11-20-16-10-6-9-15(17(16)18)19(3)14-8-5-7-13(2)12-14/h5-10,12H,4,11,18H2,1-3H3. The zero-order chi connectivity index (χ0) is 14.5. The second-order valence-electron chi connectivity index (χ2n) is 4.94. The Kier molecular flexibility index (Phi) is 4.51. The van der Waals surface area contributed by atoms with E-state index >= 15 is 0 Å². The van der Waals surface area contributed by atoms with Gasteiger partial charge in [-0.15, -0.1) is 0 Å². The summed E-state index contributed by atoms with van der Waals surface area (Å²) in [5.74, 6) is 0.754.